The molecular formula is C28H26FN3O6S. The highest BCUT2D eigenvalue weighted by Crippen LogP contribution is 2.25. The average molecular weight is 552 g/mol. The Morgan fingerprint density at radius 2 is 1.72 bits per heavy atom. The van der Waals surface area contributed by atoms with Gasteiger partial charge in [-0.2, -0.15) is 8.70 Å². The molecular weight excluding hydrogens is 525 g/mol. The van der Waals surface area contributed by atoms with Crippen LogP contribution in [-0.2, 0) is 21.2 Å². The topological polar surface area (TPSA) is 119 Å². The molecule has 2 aromatic heterocycles. The number of halogens is 1. The van der Waals surface area contributed by atoms with Crippen LogP contribution in [0.4, 0.5) is 4.39 Å². The van der Waals surface area contributed by atoms with Gasteiger partial charge in [0.2, 0.25) is 16.0 Å². The molecule has 1 aliphatic heterocycles. The van der Waals surface area contributed by atoms with Crippen LogP contribution in [0.3, 0.4) is 0 Å². The SMILES string of the molecule is COC(=O)c1c(Cc2ccc(S(=O)(=O)N3CCC(O)CC3)cc2)c(=O)c2ccc(F)nc2n1-c1ccccc1. The van der Waals surface area contributed by atoms with E-state index in [1.54, 1.807) is 42.5 Å². The largest absolute Gasteiger partial charge is 0.464 e. The van der Waals surface area contributed by atoms with Gasteiger partial charge in [0.25, 0.3) is 0 Å². The molecule has 0 amide bonds. The molecule has 1 saturated heterocycles. The Balaban J connectivity index is 1.61. The van der Waals surface area contributed by atoms with Gasteiger partial charge in [-0.05, 0) is 54.8 Å². The number of carbonyl (C=O) groups is 1. The molecule has 11 heteroatoms. The minimum absolute atomic E-state index is 0.0142. The average Bonchev–Trinajstić information content (AvgIpc) is 2.94. The second-order valence-corrected chi connectivity index (χ2v) is 11.2. The van der Waals surface area contributed by atoms with Crippen molar-refractivity contribution < 1.29 is 27.4 Å². The van der Waals surface area contributed by atoms with Gasteiger partial charge in [0.15, 0.2) is 11.1 Å². The third-order valence-corrected chi connectivity index (χ3v) is 8.75. The van der Waals surface area contributed by atoms with Crippen LogP contribution in [0, 0.1) is 5.95 Å². The smallest absolute Gasteiger partial charge is 0.355 e. The summed E-state index contributed by atoms with van der Waals surface area (Å²) in [6, 6.07) is 17.2. The number of carbonyl (C=O) groups excluding carboxylic acids is 1. The maximum atomic E-state index is 14.2. The monoisotopic (exact) mass is 551 g/mol. The van der Waals surface area contributed by atoms with Crippen molar-refractivity contribution in [2.45, 2.75) is 30.3 Å². The number of methoxy groups -OCH3 is 1. The number of esters is 1. The van der Waals surface area contributed by atoms with Crippen LogP contribution in [0.1, 0.15) is 34.5 Å². The second kappa shape index (κ2) is 10.7. The Morgan fingerprint density at radius 1 is 1.05 bits per heavy atom. The number of pyridine rings is 2. The van der Waals surface area contributed by atoms with Gasteiger partial charge in [0, 0.05) is 30.8 Å². The minimum atomic E-state index is -3.75. The van der Waals surface area contributed by atoms with E-state index < -0.39 is 33.5 Å². The first kappa shape index (κ1) is 26.7. The van der Waals surface area contributed by atoms with Crippen molar-refractivity contribution in [2.75, 3.05) is 20.2 Å². The van der Waals surface area contributed by atoms with Gasteiger partial charge < -0.3 is 9.84 Å². The maximum absolute atomic E-state index is 14.2. The summed E-state index contributed by atoms with van der Waals surface area (Å²) in [5, 5.41) is 9.83. The number of ether oxygens (including phenoxy) is 1. The van der Waals surface area contributed by atoms with Gasteiger partial charge in [-0.1, -0.05) is 30.3 Å². The first-order valence-electron chi connectivity index (χ1n) is 12.4. The number of sulfonamides is 1. The van der Waals surface area contributed by atoms with Crippen LogP contribution in [0.2, 0.25) is 0 Å². The molecule has 0 unspecified atom stereocenters. The summed E-state index contributed by atoms with van der Waals surface area (Å²) in [5.74, 6) is -1.61. The first-order valence-corrected chi connectivity index (χ1v) is 13.8. The molecule has 0 radical (unpaired) electrons. The molecule has 3 heterocycles. The number of nitrogens with zero attached hydrogens (tertiary/aromatic N) is 3. The number of para-hydroxylation sites is 1. The van der Waals surface area contributed by atoms with Gasteiger partial charge in [-0.3, -0.25) is 9.36 Å². The third-order valence-electron chi connectivity index (χ3n) is 6.84. The lowest BCUT2D eigenvalue weighted by molar-refractivity contribution is 0.0589. The molecule has 4 aromatic rings. The standard InChI is InChI=1S/C28H26FN3O6S/c1-38-28(35)25-23(17-18-7-9-21(10-8-18)39(36,37)31-15-13-20(33)14-16-31)26(34)22-11-12-24(29)30-27(22)32(25)19-5-3-2-4-6-19/h2-12,20,33H,13-17H2,1H3. The Hall–Kier alpha value is -3.93. The van der Waals surface area contributed by atoms with E-state index >= 15 is 0 Å². The summed E-state index contributed by atoms with van der Waals surface area (Å²) >= 11 is 0. The number of aromatic nitrogens is 2. The zero-order chi connectivity index (χ0) is 27.7. The predicted octanol–water partition coefficient (Wildman–Crippen LogP) is 3.05. The molecule has 0 spiro atoms. The Labute approximate surface area is 224 Å². The molecule has 1 aliphatic rings. The van der Waals surface area contributed by atoms with Crippen LogP contribution in [0.25, 0.3) is 16.7 Å². The Bertz CT molecular complexity index is 1700. The van der Waals surface area contributed by atoms with Crippen molar-refractivity contribution in [3.8, 4) is 5.69 Å². The number of hydrogen-bond donors (Lipinski definition) is 1. The molecule has 0 aliphatic carbocycles. The molecule has 1 fully saturated rings. The van der Waals surface area contributed by atoms with Crippen molar-refractivity contribution >= 4 is 27.0 Å². The highest BCUT2D eigenvalue weighted by atomic mass is 32.2. The van der Waals surface area contributed by atoms with Crippen molar-refractivity contribution in [3.05, 3.63) is 99.7 Å². The molecule has 39 heavy (non-hydrogen) atoms. The number of hydrogen-bond acceptors (Lipinski definition) is 7. The number of aliphatic hydroxyl groups excluding tert-OH is 1. The van der Waals surface area contributed by atoms with Crippen LogP contribution < -0.4 is 5.43 Å². The van der Waals surface area contributed by atoms with Crippen molar-refractivity contribution in [1.29, 1.82) is 0 Å². The van der Waals surface area contributed by atoms with Crippen LogP contribution in [0.5, 0.6) is 0 Å². The normalized spacial score (nSPS) is 14.9. The number of piperidine rings is 1. The number of fused-ring (bicyclic) bond motifs is 1. The van der Waals surface area contributed by atoms with Crippen molar-refractivity contribution in [2.24, 2.45) is 0 Å². The van der Waals surface area contributed by atoms with E-state index in [9.17, 15) is 27.5 Å². The Kier molecular flexibility index (Phi) is 7.30. The lowest BCUT2D eigenvalue weighted by Gasteiger charge is -2.28. The molecule has 0 saturated carbocycles. The molecule has 2 aromatic carbocycles. The second-order valence-electron chi connectivity index (χ2n) is 9.28. The van der Waals surface area contributed by atoms with Gasteiger partial charge in [-0.15, -0.1) is 0 Å². The van der Waals surface area contributed by atoms with Gasteiger partial charge in [0.1, 0.15) is 5.69 Å². The van der Waals surface area contributed by atoms with Gasteiger partial charge >= 0.3 is 5.97 Å². The van der Waals surface area contributed by atoms with E-state index in [0.29, 0.717) is 24.1 Å². The van der Waals surface area contributed by atoms with E-state index in [1.807, 2.05) is 0 Å². The summed E-state index contributed by atoms with van der Waals surface area (Å²) in [6.45, 7) is 0.469. The van der Waals surface area contributed by atoms with E-state index in [1.165, 1.54) is 34.2 Å². The lowest BCUT2D eigenvalue weighted by atomic mass is 10.0. The fraction of sp³-hybridized carbons (Fsp3) is 0.250. The summed E-state index contributed by atoms with van der Waals surface area (Å²) in [6.07, 6.45) is 0.236. The fourth-order valence-corrected chi connectivity index (χ4v) is 6.27. The van der Waals surface area contributed by atoms with Crippen LogP contribution >= 0.6 is 0 Å². The minimum Gasteiger partial charge on any atom is -0.464 e. The predicted molar refractivity (Wildman–Crippen MR) is 142 cm³/mol. The number of aliphatic hydroxyl groups is 1. The first-order chi connectivity index (χ1) is 18.7. The lowest BCUT2D eigenvalue weighted by Crippen LogP contribution is -2.39. The summed E-state index contributed by atoms with van der Waals surface area (Å²) < 4.78 is 48.1. The van der Waals surface area contributed by atoms with Crippen LogP contribution in [0.15, 0.2) is 76.4 Å². The van der Waals surface area contributed by atoms with E-state index in [-0.39, 0.29) is 46.7 Å². The van der Waals surface area contributed by atoms with Crippen molar-refractivity contribution in [3.63, 3.8) is 0 Å². The zero-order valence-corrected chi connectivity index (χ0v) is 21.9. The van der Waals surface area contributed by atoms with Gasteiger partial charge in [0.05, 0.1) is 23.5 Å². The highest BCUT2D eigenvalue weighted by Gasteiger charge is 2.29. The quantitative estimate of drug-likeness (QED) is 0.289. The van der Waals surface area contributed by atoms with Crippen LogP contribution in [-0.4, -0.2) is 59.7 Å². The van der Waals surface area contributed by atoms with E-state index in [0.717, 1.165) is 6.07 Å². The molecule has 0 bridgehead atoms. The molecule has 1 N–H and O–H groups in total. The number of benzene rings is 2. The zero-order valence-electron chi connectivity index (χ0n) is 21.1. The van der Waals surface area contributed by atoms with E-state index in [4.69, 9.17) is 4.74 Å². The third kappa shape index (κ3) is 5.08. The summed E-state index contributed by atoms with van der Waals surface area (Å²) in [4.78, 5) is 30.7. The molecule has 202 valence electrons. The molecule has 5 rings (SSSR count). The van der Waals surface area contributed by atoms with E-state index in [2.05, 4.69) is 4.98 Å². The molecule has 9 nitrogen and oxygen atoms in total. The Morgan fingerprint density at radius 3 is 2.36 bits per heavy atom. The van der Waals surface area contributed by atoms with Gasteiger partial charge in [-0.25, -0.2) is 18.2 Å². The van der Waals surface area contributed by atoms with Crippen molar-refractivity contribution in [1.82, 2.24) is 13.9 Å². The number of rotatable bonds is 6. The highest BCUT2D eigenvalue weighted by molar-refractivity contribution is 7.89. The fourth-order valence-electron chi connectivity index (χ4n) is 4.80. The summed E-state index contributed by atoms with van der Waals surface area (Å²) in [7, 11) is -2.56. The molecule has 0 atom stereocenters. The maximum Gasteiger partial charge on any atom is 0.355 e. The summed E-state index contributed by atoms with van der Waals surface area (Å²) in [5.41, 5.74) is 0.543.